The highest BCUT2D eigenvalue weighted by atomic mass is 16.3. The molecule has 2 rings (SSSR count). The zero-order valence-electron chi connectivity index (χ0n) is 10.4. The van der Waals surface area contributed by atoms with Gasteiger partial charge in [-0.1, -0.05) is 0 Å². The Labute approximate surface area is 101 Å². The number of rotatable bonds is 3. The van der Waals surface area contributed by atoms with Gasteiger partial charge in [-0.15, -0.1) is 0 Å². The van der Waals surface area contributed by atoms with Crippen molar-refractivity contribution in [2.24, 2.45) is 5.73 Å². The predicted molar refractivity (Wildman–Crippen MR) is 66.7 cm³/mol. The summed E-state index contributed by atoms with van der Waals surface area (Å²) >= 11 is 0. The summed E-state index contributed by atoms with van der Waals surface area (Å²) in [5.41, 5.74) is 9.73. The van der Waals surface area contributed by atoms with Crippen LogP contribution in [0, 0.1) is 20.8 Å². The van der Waals surface area contributed by atoms with Gasteiger partial charge in [0.1, 0.15) is 0 Å². The second-order valence-electron chi connectivity index (χ2n) is 4.17. The van der Waals surface area contributed by atoms with Gasteiger partial charge in [-0.3, -0.25) is 0 Å². The molecule has 2 heterocycles. The van der Waals surface area contributed by atoms with Gasteiger partial charge in [0.25, 0.3) is 0 Å². The standard InChI is InChI=1S/C13H17N3O/c1-8-5-7-17-12(8)13-15-9(2)11(4-6-14)10(3)16-13/h5,7H,4,6,14H2,1-3H3. The second-order valence-corrected chi connectivity index (χ2v) is 4.17. The van der Waals surface area contributed by atoms with Crippen LogP contribution in [0.25, 0.3) is 11.6 Å². The van der Waals surface area contributed by atoms with E-state index >= 15 is 0 Å². The lowest BCUT2D eigenvalue weighted by Crippen LogP contribution is -2.09. The zero-order valence-corrected chi connectivity index (χ0v) is 10.4. The van der Waals surface area contributed by atoms with Gasteiger partial charge in [0.2, 0.25) is 0 Å². The van der Waals surface area contributed by atoms with E-state index in [1.54, 1.807) is 6.26 Å². The summed E-state index contributed by atoms with van der Waals surface area (Å²) in [4.78, 5) is 8.99. The lowest BCUT2D eigenvalue weighted by Gasteiger charge is -2.09. The number of furan rings is 1. The molecule has 4 nitrogen and oxygen atoms in total. The molecule has 0 spiro atoms. The van der Waals surface area contributed by atoms with Crippen LogP contribution in [0.5, 0.6) is 0 Å². The molecule has 90 valence electrons. The van der Waals surface area contributed by atoms with E-state index in [9.17, 15) is 0 Å². The molecular weight excluding hydrogens is 214 g/mol. The lowest BCUT2D eigenvalue weighted by molar-refractivity contribution is 0.574. The highest BCUT2D eigenvalue weighted by Gasteiger charge is 2.13. The maximum absolute atomic E-state index is 5.58. The van der Waals surface area contributed by atoms with E-state index in [0.717, 1.165) is 34.7 Å². The van der Waals surface area contributed by atoms with Crippen molar-refractivity contribution in [2.45, 2.75) is 27.2 Å². The molecular formula is C13H17N3O. The summed E-state index contributed by atoms with van der Waals surface area (Å²) < 4.78 is 5.41. The van der Waals surface area contributed by atoms with E-state index in [1.807, 2.05) is 26.8 Å². The summed E-state index contributed by atoms with van der Waals surface area (Å²) in [6, 6.07) is 1.91. The molecule has 0 radical (unpaired) electrons. The van der Waals surface area contributed by atoms with E-state index in [1.165, 1.54) is 0 Å². The van der Waals surface area contributed by atoms with Crippen LogP contribution >= 0.6 is 0 Å². The molecule has 2 N–H and O–H groups in total. The molecule has 0 atom stereocenters. The summed E-state index contributed by atoms with van der Waals surface area (Å²) in [5.74, 6) is 1.40. The lowest BCUT2D eigenvalue weighted by atomic mass is 10.1. The largest absolute Gasteiger partial charge is 0.461 e. The topological polar surface area (TPSA) is 64.9 Å². The van der Waals surface area contributed by atoms with Crippen molar-refractivity contribution >= 4 is 0 Å². The van der Waals surface area contributed by atoms with Gasteiger partial charge in [0.15, 0.2) is 11.6 Å². The summed E-state index contributed by atoms with van der Waals surface area (Å²) in [7, 11) is 0. The van der Waals surface area contributed by atoms with Crippen molar-refractivity contribution in [3.8, 4) is 11.6 Å². The molecule has 0 fully saturated rings. The molecule has 4 heteroatoms. The SMILES string of the molecule is Cc1ccoc1-c1nc(C)c(CCN)c(C)n1. The van der Waals surface area contributed by atoms with Crippen LogP contribution < -0.4 is 5.73 Å². The predicted octanol–water partition coefficient (Wildman–Crippen LogP) is 2.16. The van der Waals surface area contributed by atoms with E-state index in [2.05, 4.69) is 9.97 Å². The van der Waals surface area contributed by atoms with Gasteiger partial charge < -0.3 is 10.2 Å². The number of nitrogens with zero attached hydrogens (tertiary/aromatic N) is 2. The minimum absolute atomic E-state index is 0.615. The van der Waals surface area contributed by atoms with Gasteiger partial charge >= 0.3 is 0 Å². The van der Waals surface area contributed by atoms with E-state index in [0.29, 0.717) is 12.4 Å². The number of hydrogen-bond acceptors (Lipinski definition) is 4. The van der Waals surface area contributed by atoms with Gasteiger partial charge in [0, 0.05) is 11.4 Å². The van der Waals surface area contributed by atoms with Gasteiger partial charge in [-0.05, 0) is 50.9 Å². The molecule has 0 aliphatic rings. The Morgan fingerprint density at radius 1 is 1.18 bits per heavy atom. The number of aromatic nitrogens is 2. The Bertz CT molecular complexity index is 508. The van der Waals surface area contributed by atoms with Crippen molar-refractivity contribution < 1.29 is 4.42 Å². The third-order valence-electron chi connectivity index (χ3n) is 2.88. The molecule has 17 heavy (non-hydrogen) atoms. The monoisotopic (exact) mass is 231 g/mol. The molecule has 0 saturated heterocycles. The Balaban J connectivity index is 2.49. The quantitative estimate of drug-likeness (QED) is 0.879. The Hall–Kier alpha value is -1.68. The van der Waals surface area contributed by atoms with Gasteiger partial charge in [0.05, 0.1) is 6.26 Å². The fraction of sp³-hybridized carbons (Fsp3) is 0.385. The first-order valence-electron chi connectivity index (χ1n) is 5.72. The zero-order chi connectivity index (χ0) is 12.4. The third kappa shape index (κ3) is 2.22. The molecule has 0 amide bonds. The van der Waals surface area contributed by atoms with E-state index in [-0.39, 0.29) is 0 Å². The van der Waals surface area contributed by atoms with Gasteiger partial charge in [-0.2, -0.15) is 0 Å². The highest BCUT2D eigenvalue weighted by molar-refractivity contribution is 5.53. The average molecular weight is 231 g/mol. The minimum Gasteiger partial charge on any atom is -0.461 e. The molecule has 0 aliphatic carbocycles. The van der Waals surface area contributed by atoms with Crippen LogP contribution in [0.2, 0.25) is 0 Å². The Kier molecular flexibility index (Phi) is 3.24. The van der Waals surface area contributed by atoms with Crippen LogP contribution in [0.4, 0.5) is 0 Å². The van der Waals surface area contributed by atoms with E-state index in [4.69, 9.17) is 10.2 Å². The first-order chi connectivity index (χ1) is 8.13. The van der Waals surface area contributed by atoms with Crippen LogP contribution in [0.1, 0.15) is 22.5 Å². The normalized spacial score (nSPS) is 10.8. The molecule has 0 saturated carbocycles. The minimum atomic E-state index is 0.615. The van der Waals surface area contributed by atoms with Crippen molar-refractivity contribution in [3.05, 3.63) is 34.8 Å². The number of hydrogen-bond donors (Lipinski definition) is 1. The maximum atomic E-state index is 5.58. The first-order valence-corrected chi connectivity index (χ1v) is 5.72. The summed E-state index contributed by atoms with van der Waals surface area (Å²) in [6.07, 6.45) is 2.47. The number of aryl methyl sites for hydroxylation is 3. The summed E-state index contributed by atoms with van der Waals surface area (Å²) in [6.45, 7) is 6.58. The Morgan fingerprint density at radius 2 is 1.82 bits per heavy atom. The van der Waals surface area contributed by atoms with Crippen LogP contribution in [-0.2, 0) is 6.42 Å². The molecule has 0 aromatic carbocycles. The van der Waals surface area contributed by atoms with Crippen LogP contribution in [-0.4, -0.2) is 16.5 Å². The van der Waals surface area contributed by atoms with Crippen molar-refractivity contribution in [3.63, 3.8) is 0 Å². The fourth-order valence-corrected chi connectivity index (χ4v) is 1.95. The van der Waals surface area contributed by atoms with Crippen molar-refractivity contribution in [1.82, 2.24) is 9.97 Å². The molecule has 2 aromatic rings. The fourth-order valence-electron chi connectivity index (χ4n) is 1.95. The van der Waals surface area contributed by atoms with Crippen molar-refractivity contribution in [2.75, 3.05) is 6.54 Å². The first kappa shape index (κ1) is 11.8. The molecule has 0 bridgehead atoms. The molecule has 2 aromatic heterocycles. The third-order valence-corrected chi connectivity index (χ3v) is 2.88. The Morgan fingerprint density at radius 3 is 2.29 bits per heavy atom. The second kappa shape index (κ2) is 4.67. The maximum Gasteiger partial charge on any atom is 0.196 e. The van der Waals surface area contributed by atoms with Crippen molar-refractivity contribution in [1.29, 1.82) is 0 Å². The highest BCUT2D eigenvalue weighted by Crippen LogP contribution is 2.22. The number of nitrogens with two attached hydrogens (primary N) is 1. The average Bonchev–Trinajstić information content (AvgIpc) is 2.69. The van der Waals surface area contributed by atoms with Crippen LogP contribution in [0.15, 0.2) is 16.7 Å². The summed E-state index contributed by atoms with van der Waals surface area (Å²) in [5, 5.41) is 0. The van der Waals surface area contributed by atoms with E-state index < -0.39 is 0 Å². The smallest absolute Gasteiger partial charge is 0.196 e. The molecule has 0 unspecified atom stereocenters. The van der Waals surface area contributed by atoms with Crippen LogP contribution in [0.3, 0.4) is 0 Å². The molecule has 0 aliphatic heterocycles. The van der Waals surface area contributed by atoms with Gasteiger partial charge in [-0.25, -0.2) is 9.97 Å².